The lowest BCUT2D eigenvalue weighted by Gasteiger charge is -2.10. The fourth-order valence-corrected chi connectivity index (χ4v) is 2.28. The summed E-state index contributed by atoms with van der Waals surface area (Å²) >= 11 is 0. The molecule has 0 aliphatic carbocycles. The first-order chi connectivity index (χ1) is 10.7. The molecule has 6 nitrogen and oxygen atoms in total. The van der Waals surface area contributed by atoms with E-state index in [1.165, 1.54) is 5.56 Å². The van der Waals surface area contributed by atoms with Gasteiger partial charge in [0.25, 0.3) is 0 Å². The van der Waals surface area contributed by atoms with Gasteiger partial charge in [0.2, 0.25) is 0 Å². The zero-order chi connectivity index (χ0) is 15.8. The summed E-state index contributed by atoms with van der Waals surface area (Å²) in [6, 6.07) is 3.89. The summed E-state index contributed by atoms with van der Waals surface area (Å²) in [7, 11) is 1.94. The van der Waals surface area contributed by atoms with Crippen molar-refractivity contribution in [1.82, 2.24) is 20.4 Å². The number of aromatic nitrogens is 2. The number of aliphatic imine (C=N–C) groups is 1. The first-order valence-electron chi connectivity index (χ1n) is 7.78. The molecule has 0 atom stereocenters. The maximum absolute atomic E-state index is 5.33. The van der Waals surface area contributed by atoms with E-state index >= 15 is 0 Å². The summed E-state index contributed by atoms with van der Waals surface area (Å²) in [6.07, 6.45) is 5.50. The average molecular weight is 431 g/mol. The van der Waals surface area contributed by atoms with Crippen molar-refractivity contribution in [3.05, 3.63) is 41.6 Å². The Morgan fingerprint density at radius 3 is 2.83 bits per heavy atom. The lowest BCUT2D eigenvalue weighted by Crippen LogP contribution is -2.38. The summed E-state index contributed by atoms with van der Waals surface area (Å²) in [5, 5.41) is 11.0. The number of hydrogen-bond acceptors (Lipinski definition) is 3. The number of nitrogens with zero attached hydrogens (tertiary/aromatic N) is 3. The van der Waals surface area contributed by atoms with Crippen molar-refractivity contribution < 1.29 is 4.42 Å². The molecule has 0 aromatic carbocycles. The molecular formula is C16H26IN5O. The van der Waals surface area contributed by atoms with Gasteiger partial charge in [-0.2, -0.15) is 5.10 Å². The van der Waals surface area contributed by atoms with Crippen molar-refractivity contribution in [2.24, 2.45) is 12.0 Å². The van der Waals surface area contributed by atoms with Crippen LogP contribution in [0.4, 0.5) is 0 Å². The molecule has 2 aromatic heterocycles. The van der Waals surface area contributed by atoms with Crippen molar-refractivity contribution in [3.8, 4) is 0 Å². The SMILES string of the molecule is CCNC(=NCc1cn(C)nc1CC)NCCc1ccco1.I. The van der Waals surface area contributed by atoms with Crippen LogP contribution in [0.5, 0.6) is 0 Å². The minimum atomic E-state index is 0. The zero-order valence-electron chi connectivity index (χ0n) is 14.0. The van der Waals surface area contributed by atoms with E-state index in [1.54, 1.807) is 6.26 Å². The number of rotatable bonds is 7. The Kier molecular flexibility index (Phi) is 8.75. The zero-order valence-corrected chi connectivity index (χ0v) is 16.3. The maximum Gasteiger partial charge on any atom is 0.191 e. The van der Waals surface area contributed by atoms with Crippen LogP contribution in [0.3, 0.4) is 0 Å². The molecule has 2 heterocycles. The molecule has 0 aliphatic heterocycles. The largest absolute Gasteiger partial charge is 0.469 e. The Bertz CT molecular complexity index is 592. The normalized spacial score (nSPS) is 11.2. The highest BCUT2D eigenvalue weighted by atomic mass is 127. The second-order valence-electron chi connectivity index (χ2n) is 5.08. The molecule has 0 unspecified atom stereocenters. The summed E-state index contributed by atoms with van der Waals surface area (Å²) < 4.78 is 7.17. The van der Waals surface area contributed by atoms with Gasteiger partial charge in [-0.1, -0.05) is 6.92 Å². The summed E-state index contributed by atoms with van der Waals surface area (Å²) in [6.45, 7) is 6.42. The first-order valence-corrected chi connectivity index (χ1v) is 7.78. The molecule has 23 heavy (non-hydrogen) atoms. The van der Waals surface area contributed by atoms with Crippen LogP contribution in [-0.2, 0) is 26.4 Å². The quantitative estimate of drug-likeness (QED) is 0.402. The van der Waals surface area contributed by atoms with Gasteiger partial charge in [-0.15, -0.1) is 24.0 Å². The summed E-state index contributed by atoms with van der Waals surface area (Å²) in [4.78, 5) is 4.63. The molecule has 0 bridgehead atoms. The molecule has 0 fully saturated rings. The molecule has 0 radical (unpaired) electrons. The minimum Gasteiger partial charge on any atom is -0.469 e. The second-order valence-corrected chi connectivity index (χ2v) is 5.08. The third-order valence-electron chi connectivity index (χ3n) is 3.32. The summed E-state index contributed by atoms with van der Waals surface area (Å²) in [5.41, 5.74) is 2.28. The van der Waals surface area contributed by atoms with Gasteiger partial charge < -0.3 is 15.1 Å². The molecule has 7 heteroatoms. The predicted molar refractivity (Wildman–Crippen MR) is 103 cm³/mol. The third kappa shape index (κ3) is 6.25. The summed E-state index contributed by atoms with van der Waals surface area (Å²) in [5.74, 6) is 1.80. The maximum atomic E-state index is 5.33. The van der Waals surface area contributed by atoms with Crippen molar-refractivity contribution >= 4 is 29.9 Å². The Balaban J connectivity index is 0.00000264. The van der Waals surface area contributed by atoms with Crippen molar-refractivity contribution in [3.63, 3.8) is 0 Å². The number of aryl methyl sites for hydroxylation is 2. The molecule has 128 valence electrons. The van der Waals surface area contributed by atoms with Gasteiger partial charge in [-0.05, 0) is 25.5 Å². The highest BCUT2D eigenvalue weighted by molar-refractivity contribution is 14.0. The molecule has 0 saturated heterocycles. The van der Waals surface area contributed by atoms with Crippen LogP contribution < -0.4 is 10.6 Å². The van der Waals surface area contributed by atoms with Crippen LogP contribution >= 0.6 is 24.0 Å². The number of halogens is 1. The average Bonchev–Trinajstić information content (AvgIpc) is 3.14. The number of nitrogens with one attached hydrogen (secondary N) is 2. The highest BCUT2D eigenvalue weighted by Crippen LogP contribution is 2.08. The van der Waals surface area contributed by atoms with Gasteiger partial charge in [-0.25, -0.2) is 4.99 Å². The smallest absolute Gasteiger partial charge is 0.191 e. The number of guanidine groups is 1. The lowest BCUT2D eigenvalue weighted by atomic mass is 10.2. The van der Waals surface area contributed by atoms with Crippen molar-refractivity contribution in [1.29, 1.82) is 0 Å². The Morgan fingerprint density at radius 1 is 1.35 bits per heavy atom. The van der Waals surface area contributed by atoms with Crippen LogP contribution in [0, 0.1) is 0 Å². The molecular weight excluding hydrogens is 405 g/mol. The van der Waals surface area contributed by atoms with E-state index in [-0.39, 0.29) is 24.0 Å². The van der Waals surface area contributed by atoms with Crippen molar-refractivity contribution in [2.45, 2.75) is 33.2 Å². The number of hydrogen-bond donors (Lipinski definition) is 2. The second kappa shape index (κ2) is 10.3. The van der Waals surface area contributed by atoms with Gasteiger partial charge in [0, 0.05) is 38.3 Å². The Hall–Kier alpha value is -1.51. The molecule has 0 spiro atoms. The van der Waals surface area contributed by atoms with E-state index in [2.05, 4.69) is 34.6 Å². The molecule has 2 rings (SSSR count). The van der Waals surface area contributed by atoms with E-state index < -0.39 is 0 Å². The van der Waals surface area contributed by atoms with E-state index in [0.717, 1.165) is 43.3 Å². The third-order valence-corrected chi connectivity index (χ3v) is 3.32. The molecule has 2 aromatic rings. The fourth-order valence-electron chi connectivity index (χ4n) is 2.28. The minimum absolute atomic E-state index is 0. The van der Waals surface area contributed by atoms with Gasteiger partial charge in [0.05, 0.1) is 18.5 Å². The van der Waals surface area contributed by atoms with Crippen LogP contribution in [0.25, 0.3) is 0 Å². The lowest BCUT2D eigenvalue weighted by molar-refractivity contribution is 0.507. The highest BCUT2D eigenvalue weighted by Gasteiger charge is 2.06. The topological polar surface area (TPSA) is 67.4 Å². The number of furan rings is 1. The van der Waals surface area contributed by atoms with Crippen LogP contribution in [-0.4, -0.2) is 28.8 Å². The van der Waals surface area contributed by atoms with E-state index in [9.17, 15) is 0 Å². The monoisotopic (exact) mass is 431 g/mol. The van der Waals surface area contributed by atoms with Crippen LogP contribution in [0.15, 0.2) is 34.0 Å². The van der Waals surface area contributed by atoms with Crippen LogP contribution in [0.2, 0.25) is 0 Å². The Morgan fingerprint density at radius 2 is 2.17 bits per heavy atom. The van der Waals surface area contributed by atoms with Gasteiger partial charge >= 0.3 is 0 Å². The Labute approximate surface area is 154 Å². The molecule has 0 amide bonds. The van der Waals surface area contributed by atoms with Gasteiger partial charge in [0.1, 0.15) is 5.76 Å². The molecule has 0 saturated carbocycles. The van der Waals surface area contributed by atoms with E-state index in [1.807, 2.05) is 30.1 Å². The molecule has 2 N–H and O–H groups in total. The predicted octanol–water partition coefficient (Wildman–Crippen LogP) is 2.49. The standard InChI is InChI=1S/C16H25N5O.HI/c1-4-15-13(12-21(3)20-15)11-19-16(17-5-2)18-9-8-14-7-6-10-22-14;/h6-7,10,12H,4-5,8-9,11H2,1-3H3,(H2,17,18,19);1H. The van der Waals surface area contributed by atoms with Gasteiger partial charge in [0.15, 0.2) is 5.96 Å². The van der Waals surface area contributed by atoms with Crippen molar-refractivity contribution in [2.75, 3.05) is 13.1 Å². The first kappa shape index (κ1) is 19.5. The van der Waals surface area contributed by atoms with Crippen LogP contribution in [0.1, 0.15) is 30.9 Å². The van der Waals surface area contributed by atoms with E-state index in [4.69, 9.17) is 4.42 Å². The van der Waals surface area contributed by atoms with E-state index in [0.29, 0.717) is 6.54 Å². The molecule has 0 aliphatic rings. The fraction of sp³-hybridized carbons (Fsp3) is 0.500. The van der Waals surface area contributed by atoms with Gasteiger partial charge in [-0.3, -0.25) is 4.68 Å².